The quantitative estimate of drug-likeness (QED) is 0.181. The molecule has 37 heavy (non-hydrogen) atoms. The molecule has 3 heteroatoms. The Hall–Kier alpha value is -3.39. The Morgan fingerprint density at radius 3 is 1.73 bits per heavy atom. The van der Waals surface area contributed by atoms with Crippen molar-refractivity contribution in [2.75, 3.05) is 0 Å². The van der Waals surface area contributed by atoms with Gasteiger partial charge in [0.1, 0.15) is 0 Å². The van der Waals surface area contributed by atoms with Gasteiger partial charge in [0.25, 0.3) is 0 Å². The van der Waals surface area contributed by atoms with Crippen LogP contribution in [0.3, 0.4) is 0 Å². The van der Waals surface area contributed by atoms with Crippen molar-refractivity contribution < 1.29 is 20.1 Å². The molecule has 0 aliphatic heterocycles. The van der Waals surface area contributed by atoms with Crippen LogP contribution < -0.4 is 0 Å². The van der Waals surface area contributed by atoms with Crippen LogP contribution in [0, 0.1) is 12.1 Å². The third-order valence-electron chi connectivity index (χ3n) is 6.72. The van der Waals surface area contributed by atoms with Gasteiger partial charge in [0.15, 0.2) is 0 Å². The van der Waals surface area contributed by atoms with E-state index in [-0.39, 0.29) is 20.1 Å². The molecule has 0 bridgehead atoms. The average molecular weight is 659 g/mol. The first-order chi connectivity index (χ1) is 17.9. The zero-order valence-electron chi connectivity index (χ0n) is 20.8. The molecule has 0 amide bonds. The molecule has 2 aromatic heterocycles. The van der Waals surface area contributed by atoms with Gasteiger partial charge in [-0.1, -0.05) is 67.8 Å². The number of hydrogen-bond acceptors (Lipinski definition) is 2. The van der Waals surface area contributed by atoms with Gasteiger partial charge in [0.05, 0.1) is 0 Å². The molecule has 2 heterocycles. The van der Waals surface area contributed by atoms with E-state index in [1.165, 1.54) is 48.8 Å². The van der Waals surface area contributed by atoms with Crippen LogP contribution in [0.15, 0.2) is 116 Å². The van der Waals surface area contributed by atoms with Crippen LogP contribution in [-0.2, 0) is 20.1 Å². The smallest absolute Gasteiger partial charge is 0.0239 e. The van der Waals surface area contributed by atoms with E-state index in [1.54, 1.807) is 6.20 Å². The first-order valence-electron chi connectivity index (χ1n) is 12.8. The molecule has 1 aliphatic rings. The Morgan fingerprint density at radius 1 is 0.568 bits per heavy atom. The van der Waals surface area contributed by atoms with E-state index in [1.807, 2.05) is 72.9 Å². The molecule has 1 radical (unpaired) electrons. The minimum Gasteiger partial charge on any atom is -0.305 e. The van der Waals surface area contributed by atoms with Gasteiger partial charge in [-0.15, -0.1) is 71.8 Å². The maximum atomic E-state index is 4.61. The third-order valence-corrected chi connectivity index (χ3v) is 6.72. The largest absolute Gasteiger partial charge is 0.305 e. The Kier molecular flexibility index (Phi) is 9.94. The van der Waals surface area contributed by atoms with Crippen molar-refractivity contribution in [3.05, 3.63) is 133 Å². The summed E-state index contributed by atoms with van der Waals surface area (Å²) in [6, 6.07) is 41.3. The Morgan fingerprint density at radius 2 is 1.19 bits per heavy atom. The topological polar surface area (TPSA) is 25.8 Å². The van der Waals surface area contributed by atoms with Gasteiger partial charge < -0.3 is 9.97 Å². The molecule has 1 aliphatic carbocycles. The molecule has 3 aromatic carbocycles. The minimum absolute atomic E-state index is 0. The van der Waals surface area contributed by atoms with Crippen molar-refractivity contribution in [1.29, 1.82) is 0 Å². The number of pyridine rings is 2. The molecule has 0 spiro atoms. The Balaban J connectivity index is 0.000000208. The van der Waals surface area contributed by atoms with E-state index in [2.05, 4.69) is 58.5 Å². The van der Waals surface area contributed by atoms with E-state index in [9.17, 15) is 0 Å². The van der Waals surface area contributed by atoms with Crippen LogP contribution in [0.25, 0.3) is 33.6 Å². The molecule has 187 valence electrons. The number of benzene rings is 3. The molecule has 6 rings (SSSR count). The molecule has 0 N–H and O–H groups in total. The van der Waals surface area contributed by atoms with Crippen molar-refractivity contribution in [2.24, 2.45) is 0 Å². The van der Waals surface area contributed by atoms with Gasteiger partial charge in [0.2, 0.25) is 0 Å². The summed E-state index contributed by atoms with van der Waals surface area (Å²) in [4.78, 5) is 8.82. The summed E-state index contributed by atoms with van der Waals surface area (Å²) in [6.07, 6.45) is 10.6. The molecular formula is C34H30IrN2-2. The van der Waals surface area contributed by atoms with Gasteiger partial charge in [-0.2, -0.15) is 0 Å². The molecule has 0 saturated heterocycles. The number of rotatable bonds is 4. The molecule has 0 unspecified atom stereocenters. The monoisotopic (exact) mass is 659 g/mol. The Bertz CT molecular complexity index is 1280. The van der Waals surface area contributed by atoms with E-state index >= 15 is 0 Å². The van der Waals surface area contributed by atoms with Gasteiger partial charge in [-0.3, -0.25) is 0 Å². The predicted molar refractivity (Wildman–Crippen MR) is 148 cm³/mol. The minimum atomic E-state index is 0. The van der Waals surface area contributed by atoms with E-state index in [0.29, 0.717) is 0 Å². The summed E-state index contributed by atoms with van der Waals surface area (Å²) in [6.45, 7) is 0. The summed E-state index contributed by atoms with van der Waals surface area (Å²) >= 11 is 0. The number of nitrogens with zero attached hydrogens (tertiary/aromatic N) is 2. The predicted octanol–water partition coefficient (Wildman–Crippen LogP) is 8.81. The van der Waals surface area contributed by atoms with Crippen molar-refractivity contribution in [2.45, 2.75) is 38.0 Å². The first-order valence-corrected chi connectivity index (χ1v) is 12.8. The zero-order chi connectivity index (χ0) is 24.4. The van der Waals surface area contributed by atoms with Gasteiger partial charge >= 0.3 is 0 Å². The van der Waals surface area contributed by atoms with Gasteiger partial charge in [-0.25, -0.2) is 0 Å². The summed E-state index contributed by atoms with van der Waals surface area (Å²) in [7, 11) is 0. The van der Waals surface area contributed by atoms with Crippen LogP contribution >= 0.6 is 0 Å². The maximum absolute atomic E-state index is 4.61. The summed E-state index contributed by atoms with van der Waals surface area (Å²) in [5, 5.41) is 0. The average Bonchev–Trinajstić information content (AvgIpc) is 2.99. The fourth-order valence-corrected chi connectivity index (χ4v) is 4.74. The maximum Gasteiger partial charge on any atom is 0.0239 e. The Labute approximate surface area is 234 Å². The van der Waals surface area contributed by atoms with Crippen molar-refractivity contribution in [1.82, 2.24) is 9.97 Å². The van der Waals surface area contributed by atoms with Crippen LogP contribution in [0.4, 0.5) is 0 Å². The summed E-state index contributed by atoms with van der Waals surface area (Å²) in [5.41, 5.74) is 7.93. The van der Waals surface area contributed by atoms with Crippen LogP contribution in [0.1, 0.15) is 43.6 Å². The van der Waals surface area contributed by atoms with Crippen molar-refractivity contribution >= 4 is 0 Å². The molecule has 1 saturated carbocycles. The number of aromatic nitrogens is 2. The second-order valence-corrected chi connectivity index (χ2v) is 9.16. The van der Waals surface area contributed by atoms with Crippen LogP contribution in [-0.4, -0.2) is 9.97 Å². The van der Waals surface area contributed by atoms with Gasteiger partial charge in [-0.05, 0) is 52.9 Å². The molecule has 1 fully saturated rings. The molecular weight excluding hydrogens is 629 g/mol. The second kappa shape index (κ2) is 13.8. The van der Waals surface area contributed by atoms with Crippen molar-refractivity contribution in [3.8, 4) is 33.6 Å². The fraction of sp³-hybridized carbons (Fsp3) is 0.176. The normalized spacial score (nSPS) is 13.1. The van der Waals surface area contributed by atoms with Gasteiger partial charge in [0, 0.05) is 32.5 Å². The van der Waals surface area contributed by atoms with Crippen molar-refractivity contribution in [3.63, 3.8) is 0 Å². The zero-order valence-corrected chi connectivity index (χ0v) is 23.2. The first kappa shape index (κ1) is 26.7. The SMILES string of the molecule is [Ir].[c-]1ccccc1-c1ccc(-c2ccc(C3CCCCC3)cc2)cn1.[c-]1ccccc1-c1ccccn1. The number of hydrogen-bond donors (Lipinski definition) is 0. The fourth-order valence-electron chi connectivity index (χ4n) is 4.74. The van der Waals surface area contributed by atoms with E-state index < -0.39 is 0 Å². The molecule has 2 nitrogen and oxygen atoms in total. The second-order valence-electron chi connectivity index (χ2n) is 9.16. The van der Waals surface area contributed by atoms with Crippen LogP contribution in [0.2, 0.25) is 0 Å². The summed E-state index contributed by atoms with van der Waals surface area (Å²) < 4.78 is 0. The third kappa shape index (κ3) is 7.32. The molecule has 0 atom stereocenters. The standard InChI is InChI=1S/C23H22N.C11H8N.Ir/c1-3-7-18(8-4-1)19-11-13-20(14-12-19)22-15-16-23(24-17-22)21-9-5-2-6-10-21;1-2-6-10(7-3-1)11-8-4-5-9-12-11;/h2,5-6,9,11-18H,1,3-4,7-8H2;1-6,8-9H;/q2*-1;. The van der Waals surface area contributed by atoms with Crippen LogP contribution in [0.5, 0.6) is 0 Å². The van der Waals surface area contributed by atoms with E-state index in [0.717, 1.165) is 28.4 Å². The summed E-state index contributed by atoms with van der Waals surface area (Å²) in [5.74, 6) is 0.766. The van der Waals surface area contributed by atoms with E-state index in [4.69, 9.17) is 0 Å². The molecule has 5 aromatic rings.